The molecular formula is C13H16. The lowest BCUT2D eigenvalue weighted by atomic mass is 9.82. The van der Waals surface area contributed by atoms with Gasteiger partial charge in [0.25, 0.3) is 0 Å². The Kier molecular flexibility index (Phi) is 2.49. The van der Waals surface area contributed by atoms with Crippen LogP contribution >= 0.6 is 0 Å². The van der Waals surface area contributed by atoms with Crippen LogP contribution < -0.4 is 0 Å². The molecule has 0 bridgehead atoms. The Morgan fingerprint density at radius 1 is 1.31 bits per heavy atom. The van der Waals surface area contributed by atoms with Gasteiger partial charge in [0.2, 0.25) is 0 Å². The Bertz CT molecular complexity index is 299. The average molecular weight is 172 g/mol. The van der Waals surface area contributed by atoms with Crippen LogP contribution in [0.5, 0.6) is 0 Å². The van der Waals surface area contributed by atoms with Crippen molar-refractivity contribution in [3.8, 4) is 0 Å². The van der Waals surface area contributed by atoms with Crippen LogP contribution in [-0.2, 0) is 12.8 Å². The van der Waals surface area contributed by atoms with Gasteiger partial charge in [0.1, 0.15) is 0 Å². The monoisotopic (exact) mass is 172 g/mol. The van der Waals surface area contributed by atoms with E-state index in [1.807, 2.05) is 0 Å². The summed E-state index contributed by atoms with van der Waals surface area (Å²) in [6.45, 7) is 3.81. The molecular weight excluding hydrogens is 156 g/mol. The summed E-state index contributed by atoms with van der Waals surface area (Å²) in [4.78, 5) is 0. The molecule has 0 heterocycles. The highest BCUT2D eigenvalue weighted by atomic mass is 14.2. The third kappa shape index (κ3) is 1.82. The largest absolute Gasteiger partial charge is 0.103 e. The maximum absolute atomic E-state index is 3.81. The summed E-state index contributed by atoms with van der Waals surface area (Å²) in [6.07, 6.45) is 7.08. The first kappa shape index (κ1) is 8.55. The minimum atomic E-state index is 0.840. The number of allylic oxidation sites excluding steroid dienone is 1. The van der Waals surface area contributed by atoms with Crippen LogP contribution in [0.25, 0.3) is 0 Å². The second kappa shape index (κ2) is 3.78. The first-order valence-corrected chi connectivity index (χ1v) is 5.08. The summed E-state index contributed by atoms with van der Waals surface area (Å²) in [5, 5.41) is 0. The van der Waals surface area contributed by atoms with Gasteiger partial charge < -0.3 is 0 Å². The van der Waals surface area contributed by atoms with E-state index in [0.29, 0.717) is 0 Å². The van der Waals surface area contributed by atoms with Gasteiger partial charge in [-0.15, -0.1) is 6.58 Å². The normalized spacial score (nSPS) is 20.8. The Labute approximate surface area is 80.3 Å². The Hall–Kier alpha value is -1.04. The number of hydrogen-bond acceptors (Lipinski definition) is 0. The van der Waals surface area contributed by atoms with E-state index in [9.17, 15) is 0 Å². The minimum absolute atomic E-state index is 0.840. The number of aryl methyl sites for hydroxylation is 1. The van der Waals surface area contributed by atoms with Crippen molar-refractivity contribution in [1.29, 1.82) is 0 Å². The highest BCUT2D eigenvalue weighted by Gasteiger charge is 2.16. The smallest absolute Gasteiger partial charge is 0.0245 e. The molecule has 1 aromatic rings. The Morgan fingerprint density at radius 2 is 2.08 bits per heavy atom. The van der Waals surface area contributed by atoms with E-state index in [4.69, 9.17) is 0 Å². The van der Waals surface area contributed by atoms with Crippen LogP contribution in [0.4, 0.5) is 0 Å². The number of benzene rings is 1. The number of hydrogen-bond donors (Lipinski definition) is 0. The topological polar surface area (TPSA) is 0 Å². The fraction of sp³-hybridized carbons (Fsp3) is 0.385. The molecule has 0 heteroatoms. The van der Waals surface area contributed by atoms with Crippen molar-refractivity contribution in [2.75, 3.05) is 0 Å². The molecule has 0 amide bonds. The number of fused-ring (bicyclic) bond motifs is 1. The van der Waals surface area contributed by atoms with E-state index in [2.05, 4.69) is 36.9 Å². The molecule has 0 nitrogen and oxygen atoms in total. The lowest BCUT2D eigenvalue weighted by Gasteiger charge is -2.23. The van der Waals surface area contributed by atoms with Crippen molar-refractivity contribution in [2.24, 2.45) is 5.92 Å². The molecule has 1 atom stereocenters. The summed E-state index contributed by atoms with van der Waals surface area (Å²) in [5.41, 5.74) is 3.11. The van der Waals surface area contributed by atoms with E-state index in [0.717, 1.165) is 5.92 Å². The van der Waals surface area contributed by atoms with Crippen LogP contribution in [0.2, 0.25) is 0 Å². The number of rotatable bonds is 2. The van der Waals surface area contributed by atoms with Gasteiger partial charge in [-0.3, -0.25) is 0 Å². The van der Waals surface area contributed by atoms with Crippen molar-refractivity contribution in [3.05, 3.63) is 48.0 Å². The first-order valence-electron chi connectivity index (χ1n) is 5.08. The van der Waals surface area contributed by atoms with Gasteiger partial charge in [0, 0.05) is 0 Å². The molecule has 13 heavy (non-hydrogen) atoms. The molecule has 2 rings (SSSR count). The van der Waals surface area contributed by atoms with Crippen LogP contribution in [-0.4, -0.2) is 0 Å². The van der Waals surface area contributed by atoms with Gasteiger partial charge in [-0.05, 0) is 42.7 Å². The van der Waals surface area contributed by atoms with Crippen LogP contribution in [0.1, 0.15) is 24.0 Å². The fourth-order valence-electron chi connectivity index (χ4n) is 2.21. The quantitative estimate of drug-likeness (QED) is 0.600. The molecule has 0 unspecified atom stereocenters. The molecule has 0 aromatic heterocycles. The van der Waals surface area contributed by atoms with Crippen molar-refractivity contribution >= 4 is 0 Å². The van der Waals surface area contributed by atoms with Crippen molar-refractivity contribution in [3.63, 3.8) is 0 Å². The van der Waals surface area contributed by atoms with Crippen LogP contribution in [0.15, 0.2) is 36.9 Å². The van der Waals surface area contributed by atoms with Gasteiger partial charge in [0.15, 0.2) is 0 Å². The molecule has 1 aliphatic carbocycles. The highest BCUT2D eigenvalue weighted by molar-refractivity contribution is 5.29. The van der Waals surface area contributed by atoms with Gasteiger partial charge in [-0.25, -0.2) is 0 Å². The lowest BCUT2D eigenvalue weighted by Crippen LogP contribution is -2.13. The molecule has 0 N–H and O–H groups in total. The first-order chi connectivity index (χ1) is 6.40. The third-order valence-corrected chi connectivity index (χ3v) is 2.95. The standard InChI is InChI=1S/C13H16/c1-2-5-11-8-9-12-6-3-4-7-13(12)10-11/h2-4,6-7,11H,1,5,8-10H2/t11-/m1/s1. The summed E-state index contributed by atoms with van der Waals surface area (Å²) in [5.74, 6) is 0.840. The van der Waals surface area contributed by atoms with E-state index in [1.165, 1.54) is 25.7 Å². The zero-order chi connectivity index (χ0) is 9.10. The van der Waals surface area contributed by atoms with Gasteiger partial charge in [-0.1, -0.05) is 30.3 Å². The SMILES string of the molecule is C=CC[C@@H]1CCc2ccccc2C1. The van der Waals surface area contributed by atoms with Gasteiger partial charge in [-0.2, -0.15) is 0 Å². The maximum atomic E-state index is 3.81. The van der Waals surface area contributed by atoms with Crippen molar-refractivity contribution in [1.82, 2.24) is 0 Å². The second-order valence-corrected chi connectivity index (χ2v) is 3.90. The van der Waals surface area contributed by atoms with Crippen LogP contribution in [0.3, 0.4) is 0 Å². The maximum Gasteiger partial charge on any atom is -0.0245 e. The molecule has 0 radical (unpaired) electrons. The molecule has 0 saturated carbocycles. The average Bonchev–Trinajstić information content (AvgIpc) is 2.18. The molecule has 1 aromatic carbocycles. The summed E-state index contributed by atoms with van der Waals surface area (Å²) in [6, 6.07) is 8.83. The van der Waals surface area contributed by atoms with Crippen LogP contribution in [0, 0.1) is 5.92 Å². The van der Waals surface area contributed by atoms with E-state index in [-0.39, 0.29) is 0 Å². The predicted molar refractivity (Wildman–Crippen MR) is 56.8 cm³/mol. The molecule has 0 saturated heterocycles. The van der Waals surface area contributed by atoms with Crippen molar-refractivity contribution < 1.29 is 0 Å². The van der Waals surface area contributed by atoms with E-state index < -0.39 is 0 Å². The van der Waals surface area contributed by atoms with Crippen molar-refractivity contribution in [2.45, 2.75) is 25.7 Å². The Balaban J connectivity index is 2.15. The van der Waals surface area contributed by atoms with E-state index in [1.54, 1.807) is 11.1 Å². The summed E-state index contributed by atoms with van der Waals surface area (Å²) < 4.78 is 0. The van der Waals surface area contributed by atoms with Gasteiger partial charge in [0.05, 0.1) is 0 Å². The molecule has 0 aliphatic heterocycles. The summed E-state index contributed by atoms with van der Waals surface area (Å²) in [7, 11) is 0. The molecule has 0 fully saturated rings. The predicted octanol–water partition coefficient (Wildman–Crippen LogP) is 3.37. The second-order valence-electron chi connectivity index (χ2n) is 3.90. The molecule has 1 aliphatic rings. The minimum Gasteiger partial charge on any atom is -0.103 e. The lowest BCUT2D eigenvalue weighted by molar-refractivity contribution is 0.464. The zero-order valence-electron chi connectivity index (χ0n) is 8.00. The van der Waals surface area contributed by atoms with E-state index >= 15 is 0 Å². The third-order valence-electron chi connectivity index (χ3n) is 2.95. The molecule has 0 spiro atoms. The summed E-state index contributed by atoms with van der Waals surface area (Å²) >= 11 is 0. The molecule has 68 valence electrons. The highest BCUT2D eigenvalue weighted by Crippen LogP contribution is 2.27. The van der Waals surface area contributed by atoms with Gasteiger partial charge >= 0.3 is 0 Å². The Morgan fingerprint density at radius 3 is 2.85 bits per heavy atom. The fourth-order valence-corrected chi connectivity index (χ4v) is 2.21. The zero-order valence-corrected chi connectivity index (χ0v) is 8.00.